The van der Waals surface area contributed by atoms with Gasteiger partial charge in [-0.15, -0.1) is 0 Å². The van der Waals surface area contributed by atoms with E-state index in [4.69, 9.17) is 0 Å². The highest BCUT2D eigenvalue weighted by Gasteiger charge is 2.37. The van der Waals surface area contributed by atoms with Crippen LogP contribution in [0, 0.1) is 5.92 Å². The van der Waals surface area contributed by atoms with Crippen LogP contribution in [-0.4, -0.2) is 30.6 Å². The van der Waals surface area contributed by atoms with Gasteiger partial charge in [0.1, 0.15) is 0 Å². The Labute approximate surface area is 124 Å². The van der Waals surface area contributed by atoms with Gasteiger partial charge < -0.3 is 10.2 Å². The van der Waals surface area contributed by atoms with Crippen molar-refractivity contribution in [3.63, 3.8) is 0 Å². The number of hydrogen-bond acceptors (Lipinski definition) is 2. The van der Waals surface area contributed by atoms with Gasteiger partial charge in [-0.1, -0.05) is 15.9 Å². The van der Waals surface area contributed by atoms with E-state index in [9.17, 15) is 13.2 Å². The first-order valence-corrected chi connectivity index (χ1v) is 7.58. The summed E-state index contributed by atoms with van der Waals surface area (Å²) in [5, 5.41) is 3.14. The van der Waals surface area contributed by atoms with Gasteiger partial charge in [-0.05, 0) is 43.5 Å². The lowest BCUT2D eigenvalue weighted by molar-refractivity contribution is -0.137. The van der Waals surface area contributed by atoms with Crippen LogP contribution < -0.4 is 5.32 Å². The first kappa shape index (κ1) is 14.2. The fraction of sp³-hybridized carbons (Fsp3) is 0.571. The van der Waals surface area contributed by atoms with Crippen molar-refractivity contribution in [1.29, 1.82) is 0 Å². The lowest BCUT2D eigenvalue weighted by Crippen LogP contribution is -2.39. The lowest BCUT2D eigenvalue weighted by Gasteiger charge is -2.32. The fourth-order valence-corrected chi connectivity index (χ4v) is 3.58. The highest BCUT2D eigenvalue weighted by molar-refractivity contribution is 9.10. The smallest absolute Gasteiger partial charge is 0.381 e. The number of piperidine rings is 1. The number of alkyl halides is 3. The van der Waals surface area contributed by atoms with Crippen molar-refractivity contribution in [2.24, 2.45) is 5.92 Å². The monoisotopic (exact) mass is 348 g/mol. The summed E-state index contributed by atoms with van der Waals surface area (Å²) in [5.41, 5.74) is -0.390. The number of benzene rings is 1. The van der Waals surface area contributed by atoms with E-state index in [2.05, 4.69) is 26.1 Å². The molecule has 2 nitrogen and oxygen atoms in total. The van der Waals surface area contributed by atoms with Crippen molar-refractivity contribution < 1.29 is 13.2 Å². The fourth-order valence-electron chi connectivity index (χ4n) is 3.22. The highest BCUT2D eigenvalue weighted by Crippen LogP contribution is 2.38. The molecule has 0 amide bonds. The average Bonchev–Trinajstić information content (AvgIpc) is 2.76. The van der Waals surface area contributed by atoms with E-state index in [0.717, 1.165) is 38.5 Å². The molecule has 0 aliphatic carbocycles. The second-order valence-electron chi connectivity index (χ2n) is 5.58. The van der Waals surface area contributed by atoms with Gasteiger partial charge >= 0.3 is 6.18 Å². The van der Waals surface area contributed by atoms with Gasteiger partial charge in [-0.2, -0.15) is 13.2 Å². The lowest BCUT2D eigenvalue weighted by atomic mass is 9.93. The molecule has 2 fully saturated rings. The van der Waals surface area contributed by atoms with Crippen LogP contribution in [0.15, 0.2) is 22.7 Å². The van der Waals surface area contributed by atoms with Gasteiger partial charge in [-0.25, -0.2) is 0 Å². The van der Waals surface area contributed by atoms with Crippen molar-refractivity contribution >= 4 is 21.6 Å². The van der Waals surface area contributed by atoms with Gasteiger partial charge in [0.25, 0.3) is 0 Å². The van der Waals surface area contributed by atoms with Gasteiger partial charge in [0, 0.05) is 29.3 Å². The molecule has 1 aromatic rings. The summed E-state index contributed by atoms with van der Waals surface area (Å²) in [4.78, 5) is 2.38. The Kier molecular flexibility index (Phi) is 3.71. The summed E-state index contributed by atoms with van der Waals surface area (Å²) in [6.45, 7) is 3.07. The minimum Gasteiger partial charge on any atom is -0.381 e. The van der Waals surface area contributed by atoms with Gasteiger partial charge in [0.15, 0.2) is 0 Å². The largest absolute Gasteiger partial charge is 0.418 e. The SMILES string of the molecule is FC(F)(F)c1cc(Br)ccc1NC1CCN2CCC1C2. The second kappa shape index (κ2) is 5.22. The quantitative estimate of drug-likeness (QED) is 0.869. The Balaban J connectivity index is 1.83. The van der Waals surface area contributed by atoms with Crippen LogP contribution in [0.5, 0.6) is 0 Å². The molecule has 2 saturated heterocycles. The van der Waals surface area contributed by atoms with E-state index in [1.54, 1.807) is 6.07 Å². The van der Waals surface area contributed by atoms with Crippen LogP contribution in [0.3, 0.4) is 0 Å². The summed E-state index contributed by atoms with van der Waals surface area (Å²) in [5.74, 6) is 0.466. The Morgan fingerprint density at radius 1 is 1.20 bits per heavy atom. The van der Waals surface area contributed by atoms with Crippen LogP contribution >= 0.6 is 15.9 Å². The summed E-state index contributed by atoms with van der Waals surface area (Å²) in [7, 11) is 0. The zero-order valence-corrected chi connectivity index (χ0v) is 12.5. The summed E-state index contributed by atoms with van der Waals surface area (Å²) < 4.78 is 39.8. The summed E-state index contributed by atoms with van der Waals surface area (Å²) in [6.07, 6.45) is -2.34. The molecule has 3 rings (SSSR count). The van der Waals surface area contributed by atoms with E-state index in [0.29, 0.717) is 10.4 Å². The Hall–Kier alpha value is -0.750. The minimum absolute atomic E-state index is 0.149. The van der Waals surface area contributed by atoms with Crippen LogP contribution in [-0.2, 0) is 6.18 Å². The van der Waals surface area contributed by atoms with Crippen LogP contribution in [0.4, 0.5) is 18.9 Å². The van der Waals surface area contributed by atoms with Crippen LogP contribution in [0.1, 0.15) is 18.4 Å². The number of nitrogens with zero attached hydrogens (tertiary/aromatic N) is 1. The van der Waals surface area contributed by atoms with Crippen molar-refractivity contribution in [2.45, 2.75) is 25.1 Å². The first-order valence-electron chi connectivity index (χ1n) is 6.79. The molecule has 20 heavy (non-hydrogen) atoms. The van der Waals surface area contributed by atoms with Crippen molar-refractivity contribution in [3.8, 4) is 0 Å². The highest BCUT2D eigenvalue weighted by atomic mass is 79.9. The molecule has 2 aliphatic rings. The molecule has 2 heterocycles. The zero-order valence-electron chi connectivity index (χ0n) is 10.9. The number of hydrogen-bond donors (Lipinski definition) is 1. The molecule has 2 bridgehead atoms. The zero-order chi connectivity index (χ0) is 14.3. The van der Waals surface area contributed by atoms with Gasteiger partial charge in [-0.3, -0.25) is 0 Å². The third-order valence-corrected chi connectivity index (χ3v) is 4.76. The molecule has 0 radical (unpaired) electrons. The van der Waals surface area contributed by atoms with Gasteiger partial charge in [0.2, 0.25) is 0 Å². The van der Waals surface area contributed by atoms with E-state index >= 15 is 0 Å². The topological polar surface area (TPSA) is 15.3 Å². The minimum atomic E-state index is -4.33. The van der Waals surface area contributed by atoms with Gasteiger partial charge in [0.05, 0.1) is 5.56 Å². The molecule has 0 aromatic heterocycles. The Morgan fingerprint density at radius 2 is 1.95 bits per heavy atom. The number of anilines is 1. The predicted octanol–water partition coefficient (Wildman–Crippen LogP) is 3.97. The maximum atomic E-state index is 13.1. The third kappa shape index (κ3) is 2.81. The molecule has 3 unspecified atom stereocenters. The molecule has 6 heteroatoms. The van der Waals surface area contributed by atoms with Crippen molar-refractivity contribution in [1.82, 2.24) is 4.90 Å². The molecule has 3 atom stereocenters. The number of rotatable bonds is 2. The third-order valence-electron chi connectivity index (χ3n) is 4.26. The molecule has 1 aromatic carbocycles. The van der Waals surface area contributed by atoms with Crippen molar-refractivity contribution in [2.75, 3.05) is 25.0 Å². The summed E-state index contributed by atoms with van der Waals surface area (Å²) in [6, 6.07) is 4.47. The van der Waals surface area contributed by atoms with E-state index in [1.807, 2.05) is 0 Å². The number of fused-ring (bicyclic) bond motifs is 2. The van der Waals surface area contributed by atoms with Crippen molar-refractivity contribution in [3.05, 3.63) is 28.2 Å². The van der Waals surface area contributed by atoms with E-state index in [1.165, 1.54) is 6.07 Å². The van der Waals surface area contributed by atoms with Crippen LogP contribution in [0.25, 0.3) is 0 Å². The maximum absolute atomic E-state index is 13.1. The Bertz CT molecular complexity index is 504. The standard InChI is InChI=1S/C14H16BrF3N2/c15-10-1-2-13(11(7-10)14(16,17)18)19-12-4-6-20-5-3-9(12)8-20/h1-2,7,9,12,19H,3-6,8H2. The molecule has 1 N–H and O–H groups in total. The number of nitrogens with one attached hydrogen (secondary N) is 1. The maximum Gasteiger partial charge on any atom is 0.418 e. The molecular formula is C14H16BrF3N2. The van der Waals surface area contributed by atoms with Crippen LogP contribution in [0.2, 0.25) is 0 Å². The molecular weight excluding hydrogens is 333 g/mol. The van der Waals surface area contributed by atoms with E-state index in [-0.39, 0.29) is 11.7 Å². The Morgan fingerprint density at radius 3 is 2.70 bits per heavy atom. The second-order valence-corrected chi connectivity index (χ2v) is 6.49. The molecule has 0 saturated carbocycles. The molecule has 0 spiro atoms. The molecule has 110 valence electrons. The average molecular weight is 349 g/mol. The predicted molar refractivity (Wildman–Crippen MR) is 75.7 cm³/mol. The molecule has 2 aliphatic heterocycles. The van der Waals surface area contributed by atoms with E-state index < -0.39 is 11.7 Å². The first-order chi connectivity index (χ1) is 9.43. The normalized spacial score (nSPS) is 29.5. The number of halogens is 4. The summed E-state index contributed by atoms with van der Waals surface area (Å²) >= 11 is 3.11.